The van der Waals surface area contributed by atoms with Crippen LogP contribution in [0.5, 0.6) is 0 Å². The molecular weight excluding hydrogens is 362 g/mol. The zero-order valence-corrected chi connectivity index (χ0v) is 17.6. The van der Waals surface area contributed by atoms with Crippen LogP contribution in [0.2, 0.25) is 0 Å². The molecule has 5 atom stereocenters. The molecule has 0 amide bonds. The Kier molecular flexibility index (Phi) is 6.41. The van der Waals surface area contributed by atoms with E-state index in [2.05, 4.69) is 24.7 Å². The lowest BCUT2D eigenvalue weighted by Gasteiger charge is -2.51. The highest BCUT2D eigenvalue weighted by molar-refractivity contribution is 7.88. The van der Waals surface area contributed by atoms with Crippen LogP contribution in [0.15, 0.2) is 0 Å². The van der Waals surface area contributed by atoms with Gasteiger partial charge in [-0.25, -0.2) is 13.1 Å². The summed E-state index contributed by atoms with van der Waals surface area (Å²) in [5.74, 6) is 1.52. The predicted octanol–water partition coefficient (Wildman–Crippen LogP) is -0.0368. The highest BCUT2D eigenvalue weighted by atomic mass is 32.2. The van der Waals surface area contributed by atoms with Gasteiger partial charge in [-0.3, -0.25) is 9.80 Å². The molecule has 0 aromatic rings. The van der Waals surface area contributed by atoms with Crippen LogP contribution in [-0.2, 0) is 10.0 Å². The van der Waals surface area contributed by atoms with Crippen molar-refractivity contribution in [2.24, 2.45) is 11.8 Å². The third-order valence-corrected chi connectivity index (χ3v) is 7.91. The SMILES string of the molecule is CS(=O)(=O)NC[C@@H]1C[C@H]2CCN1C[C@@H]2CN1CCN(C2CCCCN2)CC1. The number of piperazine rings is 1. The van der Waals surface area contributed by atoms with Gasteiger partial charge in [-0.1, -0.05) is 0 Å². The van der Waals surface area contributed by atoms with Crippen LogP contribution in [0.1, 0.15) is 32.1 Å². The van der Waals surface area contributed by atoms with Crippen molar-refractivity contribution in [3.63, 3.8) is 0 Å². The first-order chi connectivity index (χ1) is 13.0. The zero-order chi connectivity index (χ0) is 18.9. The summed E-state index contributed by atoms with van der Waals surface area (Å²) in [6, 6.07) is 0.393. The van der Waals surface area contributed by atoms with E-state index in [1.807, 2.05) is 0 Å². The van der Waals surface area contributed by atoms with Gasteiger partial charge in [0.15, 0.2) is 0 Å². The van der Waals surface area contributed by atoms with Crippen LogP contribution in [-0.4, -0.2) is 100 Å². The van der Waals surface area contributed by atoms with E-state index in [-0.39, 0.29) is 0 Å². The number of rotatable bonds is 6. The monoisotopic (exact) mass is 399 g/mol. The first-order valence-electron chi connectivity index (χ1n) is 10.9. The van der Waals surface area contributed by atoms with E-state index in [9.17, 15) is 8.42 Å². The lowest BCUT2D eigenvalue weighted by Crippen LogP contribution is -2.60. The molecule has 7 nitrogen and oxygen atoms in total. The molecule has 5 fully saturated rings. The summed E-state index contributed by atoms with van der Waals surface area (Å²) in [5, 5.41) is 3.69. The largest absolute Gasteiger partial charge is 0.302 e. The van der Waals surface area contributed by atoms with Gasteiger partial charge in [0.05, 0.1) is 12.4 Å². The van der Waals surface area contributed by atoms with Crippen molar-refractivity contribution in [3.05, 3.63) is 0 Å². The maximum atomic E-state index is 11.4. The Bertz CT molecular complexity index is 587. The minimum absolute atomic E-state index is 0.393. The fourth-order valence-corrected chi connectivity index (χ4v) is 6.15. The molecule has 5 rings (SSSR count). The molecule has 2 N–H and O–H groups in total. The smallest absolute Gasteiger partial charge is 0.208 e. The minimum atomic E-state index is -3.09. The number of nitrogens with one attached hydrogen (secondary N) is 2. The van der Waals surface area contributed by atoms with Gasteiger partial charge in [0.25, 0.3) is 0 Å². The molecule has 5 aliphatic heterocycles. The van der Waals surface area contributed by atoms with Crippen LogP contribution in [0.25, 0.3) is 0 Å². The third-order valence-electron chi connectivity index (χ3n) is 7.22. The highest BCUT2D eigenvalue weighted by Crippen LogP contribution is 2.36. The van der Waals surface area contributed by atoms with Gasteiger partial charge in [-0.05, 0) is 57.0 Å². The van der Waals surface area contributed by atoms with Crippen LogP contribution < -0.4 is 10.0 Å². The van der Waals surface area contributed by atoms with E-state index in [0.717, 1.165) is 31.3 Å². The molecule has 0 spiro atoms. The van der Waals surface area contributed by atoms with E-state index >= 15 is 0 Å². The highest BCUT2D eigenvalue weighted by Gasteiger charge is 2.41. The van der Waals surface area contributed by atoms with E-state index in [4.69, 9.17) is 0 Å². The molecular formula is C19H37N5O2S. The first-order valence-corrected chi connectivity index (χ1v) is 12.8. The average Bonchev–Trinajstić information content (AvgIpc) is 2.68. The third kappa shape index (κ3) is 5.22. The van der Waals surface area contributed by atoms with Crippen molar-refractivity contribution in [1.29, 1.82) is 0 Å². The summed E-state index contributed by atoms with van der Waals surface area (Å²) in [5.41, 5.74) is 0. The summed E-state index contributed by atoms with van der Waals surface area (Å²) in [6.45, 7) is 10.0. The summed E-state index contributed by atoms with van der Waals surface area (Å²) in [7, 11) is -3.09. The van der Waals surface area contributed by atoms with Gasteiger partial charge in [0.1, 0.15) is 0 Å². The van der Waals surface area contributed by atoms with Crippen molar-refractivity contribution in [2.75, 3.05) is 65.2 Å². The quantitative estimate of drug-likeness (QED) is 0.654. The van der Waals surface area contributed by atoms with E-state index in [1.165, 1.54) is 71.2 Å². The Morgan fingerprint density at radius 1 is 1.04 bits per heavy atom. The van der Waals surface area contributed by atoms with Gasteiger partial charge in [-0.15, -0.1) is 0 Å². The fourth-order valence-electron chi connectivity index (χ4n) is 5.65. The fraction of sp³-hybridized carbons (Fsp3) is 1.00. The lowest BCUT2D eigenvalue weighted by molar-refractivity contribution is -0.0198. The Balaban J connectivity index is 1.22. The molecule has 0 aliphatic carbocycles. The van der Waals surface area contributed by atoms with Crippen molar-refractivity contribution in [3.8, 4) is 0 Å². The summed E-state index contributed by atoms with van der Waals surface area (Å²) >= 11 is 0. The summed E-state index contributed by atoms with van der Waals surface area (Å²) in [6.07, 6.45) is 8.31. The standard InChI is InChI=1S/C19H37N5O2S/c1-27(25,26)21-13-18-12-16-5-7-24(18)15-17(16)14-22-8-10-23(11-9-22)19-4-2-3-6-20-19/h16-21H,2-15H2,1H3/t16-,17+,18+,19?/m1/s1. The molecule has 156 valence electrons. The number of nitrogens with zero attached hydrogens (tertiary/aromatic N) is 3. The Labute approximate surface area is 164 Å². The van der Waals surface area contributed by atoms with E-state index in [1.54, 1.807) is 0 Å². The predicted molar refractivity (Wildman–Crippen MR) is 108 cm³/mol. The van der Waals surface area contributed by atoms with Crippen molar-refractivity contribution in [1.82, 2.24) is 24.7 Å². The maximum absolute atomic E-state index is 11.4. The number of piperidine rings is 4. The normalized spacial score (nSPS) is 38.9. The molecule has 0 saturated carbocycles. The first kappa shape index (κ1) is 20.0. The van der Waals surface area contributed by atoms with Crippen LogP contribution >= 0.6 is 0 Å². The van der Waals surface area contributed by atoms with Crippen LogP contribution in [0, 0.1) is 11.8 Å². The number of fused-ring (bicyclic) bond motifs is 3. The van der Waals surface area contributed by atoms with Gasteiger partial charge >= 0.3 is 0 Å². The van der Waals surface area contributed by atoms with Crippen molar-refractivity contribution in [2.45, 2.75) is 44.3 Å². The Morgan fingerprint density at radius 3 is 2.48 bits per heavy atom. The molecule has 5 aliphatic rings. The summed E-state index contributed by atoms with van der Waals surface area (Å²) in [4.78, 5) is 7.86. The van der Waals surface area contributed by atoms with E-state index in [0.29, 0.717) is 18.8 Å². The average molecular weight is 400 g/mol. The second kappa shape index (κ2) is 8.63. The van der Waals surface area contributed by atoms with Gasteiger partial charge in [-0.2, -0.15) is 0 Å². The number of hydrogen-bond donors (Lipinski definition) is 2. The second-order valence-electron chi connectivity index (χ2n) is 9.12. The van der Waals surface area contributed by atoms with Crippen LogP contribution in [0.4, 0.5) is 0 Å². The zero-order valence-electron chi connectivity index (χ0n) is 16.8. The molecule has 0 radical (unpaired) electrons. The number of sulfonamides is 1. The lowest BCUT2D eigenvalue weighted by atomic mass is 9.75. The Morgan fingerprint density at radius 2 is 1.85 bits per heavy atom. The van der Waals surface area contributed by atoms with Crippen molar-refractivity contribution < 1.29 is 8.42 Å². The van der Waals surface area contributed by atoms with Gasteiger partial charge in [0, 0.05) is 51.9 Å². The molecule has 0 aromatic carbocycles. The second-order valence-corrected chi connectivity index (χ2v) is 10.9. The maximum Gasteiger partial charge on any atom is 0.208 e. The van der Waals surface area contributed by atoms with Crippen molar-refractivity contribution >= 4 is 10.0 Å². The molecule has 8 heteroatoms. The minimum Gasteiger partial charge on any atom is -0.302 e. The van der Waals surface area contributed by atoms with Gasteiger partial charge < -0.3 is 10.2 Å². The molecule has 2 unspecified atom stereocenters. The summed E-state index contributed by atoms with van der Waals surface area (Å²) < 4.78 is 25.5. The topological polar surface area (TPSA) is 67.9 Å². The molecule has 0 aromatic heterocycles. The molecule has 2 bridgehead atoms. The Hall–Kier alpha value is -0.250. The molecule has 5 heterocycles. The van der Waals surface area contributed by atoms with Crippen LogP contribution in [0.3, 0.4) is 0 Å². The van der Waals surface area contributed by atoms with Gasteiger partial charge in [0.2, 0.25) is 10.0 Å². The number of hydrogen-bond acceptors (Lipinski definition) is 6. The van der Waals surface area contributed by atoms with E-state index < -0.39 is 10.0 Å². The molecule has 5 saturated heterocycles. The molecule has 27 heavy (non-hydrogen) atoms.